The fourth-order valence-electron chi connectivity index (χ4n) is 4.05. The maximum Gasteiger partial charge on any atom is 0.280 e. The normalized spacial score (nSPS) is 16.7. The predicted octanol–water partition coefficient (Wildman–Crippen LogP) is 0.0343. The molecule has 2 aromatic carbocycles. The number of carbonyl (C=O) groups is 1. The molecule has 1 aliphatic heterocycles. The van der Waals surface area contributed by atoms with E-state index in [9.17, 15) is 4.79 Å². The molecule has 0 aromatic heterocycles. The van der Waals surface area contributed by atoms with Gasteiger partial charge in [0.2, 0.25) is 0 Å². The van der Waals surface area contributed by atoms with Gasteiger partial charge in [0.05, 0.1) is 47.4 Å². The molecule has 2 aromatic rings. The maximum absolute atomic E-state index is 13.1. The van der Waals surface area contributed by atoms with Crippen LogP contribution in [-0.2, 0) is 17.9 Å². The van der Waals surface area contributed by atoms with Crippen molar-refractivity contribution in [2.24, 2.45) is 0 Å². The Morgan fingerprint density at radius 3 is 2.33 bits per heavy atom. The molecule has 1 aliphatic rings. The molecule has 1 unspecified atom stereocenters. The van der Waals surface area contributed by atoms with Crippen LogP contribution in [0.4, 0.5) is 0 Å². The van der Waals surface area contributed by atoms with Crippen LogP contribution in [0.5, 0.6) is 11.5 Å². The van der Waals surface area contributed by atoms with Crippen molar-refractivity contribution in [2.45, 2.75) is 26.1 Å². The first-order valence-electron chi connectivity index (χ1n) is 10.7. The molecule has 2 N–H and O–H groups in total. The predicted molar refractivity (Wildman–Crippen MR) is 117 cm³/mol. The third-order valence-electron chi connectivity index (χ3n) is 6.12. The number of nitrogens with one attached hydrogen (secondary N) is 2. The number of benzene rings is 2. The van der Waals surface area contributed by atoms with Crippen LogP contribution in [0.3, 0.4) is 0 Å². The second kappa shape index (κ2) is 10.5. The molecule has 6 heteroatoms. The summed E-state index contributed by atoms with van der Waals surface area (Å²) < 4.78 is 10.7. The zero-order valence-corrected chi connectivity index (χ0v) is 18.6. The number of piperazine rings is 1. The number of ether oxygens (including phenoxy) is 2. The van der Waals surface area contributed by atoms with Gasteiger partial charge in [-0.2, -0.15) is 0 Å². The van der Waals surface area contributed by atoms with E-state index in [0.29, 0.717) is 0 Å². The summed E-state index contributed by atoms with van der Waals surface area (Å²) in [6, 6.07) is 16.5. The summed E-state index contributed by atoms with van der Waals surface area (Å²) in [6.07, 6.45) is 0. The van der Waals surface area contributed by atoms with E-state index >= 15 is 0 Å². The summed E-state index contributed by atoms with van der Waals surface area (Å²) in [5.41, 5.74) is 2.49. The maximum atomic E-state index is 13.1. The molecule has 162 valence electrons. The zero-order valence-electron chi connectivity index (χ0n) is 18.6. The minimum atomic E-state index is -0.0891. The summed E-state index contributed by atoms with van der Waals surface area (Å²) in [7, 11) is 5.36. The van der Waals surface area contributed by atoms with Crippen LogP contribution in [0, 0.1) is 0 Å². The number of methoxy groups -OCH3 is 2. The number of rotatable bonds is 8. The van der Waals surface area contributed by atoms with Gasteiger partial charge in [-0.3, -0.25) is 4.79 Å². The van der Waals surface area contributed by atoms with Crippen LogP contribution in [0.1, 0.15) is 18.1 Å². The summed E-state index contributed by atoms with van der Waals surface area (Å²) >= 11 is 0. The number of hydrogen-bond donors (Lipinski definition) is 2. The van der Waals surface area contributed by atoms with Gasteiger partial charge in [-0.05, 0) is 25.1 Å². The van der Waals surface area contributed by atoms with Crippen molar-refractivity contribution in [3.8, 4) is 11.5 Å². The van der Waals surface area contributed by atoms with E-state index in [-0.39, 0.29) is 11.9 Å². The molecule has 0 bridgehead atoms. The molecular weight excluding hydrogens is 378 g/mol. The van der Waals surface area contributed by atoms with E-state index in [0.717, 1.165) is 56.3 Å². The molecule has 0 radical (unpaired) electrons. The molecule has 0 aliphatic carbocycles. The molecule has 30 heavy (non-hydrogen) atoms. The van der Waals surface area contributed by atoms with Gasteiger partial charge >= 0.3 is 0 Å². The minimum Gasteiger partial charge on any atom is -0.493 e. The third kappa shape index (κ3) is 5.52. The van der Waals surface area contributed by atoms with Crippen molar-refractivity contribution in [3.63, 3.8) is 0 Å². The summed E-state index contributed by atoms with van der Waals surface area (Å²) in [5.74, 6) is 1.69. The molecule has 1 fully saturated rings. The Kier molecular flexibility index (Phi) is 7.71. The van der Waals surface area contributed by atoms with Crippen LogP contribution in [0.2, 0.25) is 0 Å². The van der Waals surface area contributed by atoms with Gasteiger partial charge in [-0.1, -0.05) is 30.3 Å². The first-order valence-corrected chi connectivity index (χ1v) is 10.7. The highest BCUT2D eigenvalue weighted by Gasteiger charge is 2.31. The lowest BCUT2D eigenvalue weighted by Crippen LogP contribution is -3.14. The molecular formula is C24H35N3O3+2. The third-order valence-corrected chi connectivity index (χ3v) is 6.12. The van der Waals surface area contributed by atoms with Gasteiger partial charge in [0, 0.05) is 11.1 Å². The average molecular weight is 414 g/mol. The van der Waals surface area contributed by atoms with Gasteiger partial charge < -0.3 is 24.2 Å². The number of amides is 1. The van der Waals surface area contributed by atoms with Crippen molar-refractivity contribution in [3.05, 3.63) is 59.7 Å². The largest absolute Gasteiger partial charge is 0.493 e. The van der Waals surface area contributed by atoms with Gasteiger partial charge in [-0.25, -0.2) is 0 Å². The standard InChI is InChI=1S/C24H33N3O3/c1-19(25(2)17-21-10-11-22(29-3)23(16-21)30-4)24(28)27-14-12-26(13-15-27)18-20-8-6-5-7-9-20/h5-11,16,19H,12-15,17-18H2,1-4H3/p+2/t19-/m1/s1. The lowest BCUT2D eigenvalue weighted by Gasteiger charge is -2.34. The van der Waals surface area contributed by atoms with Gasteiger partial charge in [-0.15, -0.1) is 0 Å². The van der Waals surface area contributed by atoms with Crippen LogP contribution < -0.4 is 19.3 Å². The molecule has 2 atom stereocenters. The summed E-state index contributed by atoms with van der Waals surface area (Å²) in [4.78, 5) is 17.8. The lowest BCUT2D eigenvalue weighted by atomic mass is 10.1. The Balaban J connectivity index is 1.51. The Morgan fingerprint density at radius 2 is 1.70 bits per heavy atom. The fraction of sp³-hybridized carbons (Fsp3) is 0.458. The van der Waals surface area contributed by atoms with E-state index in [1.165, 1.54) is 10.5 Å². The first-order chi connectivity index (χ1) is 14.5. The molecule has 6 nitrogen and oxygen atoms in total. The molecule has 0 saturated carbocycles. The molecule has 0 spiro atoms. The van der Waals surface area contributed by atoms with Gasteiger partial charge in [0.15, 0.2) is 17.5 Å². The molecule has 3 rings (SSSR count). The quantitative estimate of drug-likeness (QED) is 0.642. The Morgan fingerprint density at radius 1 is 1.03 bits per heavy atom. The average Bonchev–Trinajstić information content (AvgIpc) is 2.79. The van der Waals surface area contributed by atoms with E-state index in [4.69, 9.17) is 9.47 Å². The van der Waals surface area contributed by atoms with Crippen molar-refractivity contribution in [1.29, 1.82) is 0 Å². The Hall–Kier alpha value is -2.57. The van der Waals surface area contributed by atoms with Gasteiger partial charge in [0.25, 0.3) is 5.91 Å². The van der Waals surface area contributed by atoms with Crippen molar-refractivity contribution < 1.29 is 24.1 Å². The molecule has 1 heterocycles. The molecule has 1 saturated heterocycles. The van der Waals surface area contributed by atoms with E-state index in [1.807, 2.05) is 30.0 Å². The number of quaternary nitrogens is 2. The number of hydrogen-bond acceptors (Lipinski definition) is 3. The summed E-state index contributed by atoms with van der Waals surface area (Å²) in [5, 5.41) is 0. The minimum absolute atomic E-state index is 0.0891. The van der Waals surface area contributed by atoms with Crippen LogP contribution in [0.25, 0.3) is 0 Å². The van der Waals surface area contributed by atoms with Crippen LogP contribution >= 0.6 is 0 Å². The Bertz CT molecular complexity index is 820. The topological polar surface area (TPSA) is 47.7 Å². The molecule has 1 amide bonds. The zero-order chi connectivity index (χ0) is 21.5. The van der Waals surface area contributed by atoms with Gasteiger partial charge in [0.1, 0.15) is 13.1 Å². The second-order valence-electron chi connectivity index (χ2n) is 8.17. The van der Waals surface area contributed by atoms with E-state index in [2.05, 4.69) is 37.4 Å². The summed E-state index contributed by atoms with van der Waals surface area (Å²) in [6.45, 7) is 7.48. The van der Waals surface area contributed by atoms with E-state index in [1.54, 1.807) is 19.1 Å². The Labute approximate surface area is 180 Å². The number of carbonyl (C=O) groups excluding carboxylic acids is 1. The second-order valence-corrected chi connectivity index (χ2v) is 8.17. The monoisotopic (exact) mass is 413 g/mol. The highest BCUT2D eigenvalue weighted by molar-refractivity contribution is 5.80. The fourth-order valence-corrected chi connectivity index (χ4v) is 4.05. The lowest BCUT2D eigenvalue weighted by molar-refractivity contribution is -0.918. The number of nitrogens with zero attached hydrogens (tertiary/aromatic N) is 1. The SMILES string of the molecule is COc1ccc(C[NH+](C)[C@H](C)C(=O)N2CC[NH+](Cc3ccccc3)CC2)cc1OC. The smallest absolute Gasteiger partial charge is 0.280 e. The van der Waals surface area contributed by atoms with Crippen molar-refractivity contribution in [2.75, 3.05) is 47.4 Å². The van der Waals surface area contributed by atoms with Crippen molar-refractivity contribution >= 4 is 5.91 Å². The van der Waals surface area contributed by atoms with Crippen molar-refractivity contribution in [1.82, 2.24) is 4.90 Å². The van der Waals surface area contributed by atoms with Crippen LogP contribution in [0.15, 0.2) is 48.5 Å². The highest BCUT2D eigenvalue weighted by Crippen LogP contribution is 2.27. The van der Waals surface area contributed by atoms with E-state index < -0.39 is 0 Å². The first kappa shape index (κ1) is 22.1. The highest BCUT2D eigenvalue weighted by atomic mass is 16.5. The van der Waals surface area contributed by atoms with Crippen LogP contribution in [-0.4, -0.2) is 64.3 Å². The number of likely N-dealkylation sites (N-methyl/N-ethyl adjacent to an activating group) is 1.